The number of rotatable bonds is 5. The van der Waals surface area contributed by atoms with Crippen LogP contribution in [0.1, 0.15) is 21.5 Å². The summed E-state index contributed by atoms with van der Waals surface area (Å²) in [6.07, 6.45) is -3.88. The van der Waals surface area contributed by atoms with Crippen molar-refractivity contribution < 1.29 is 27.2 Å². The maximum Gasteiger partial charge on any atom is 0.419 e. The molecule has 170 valence electrons. The van der Waals surface area contributed by atoms with Crippen molar-refractivity contribution in [1.82, 2.24) is 10.3 Å². The standard InChI is InChI=1S/C22H17F4N5O2/c1-27-21(33)14-8-12(23)2-4-17(14)30-18-9-19(28-10-15(18)22(24,25)26)29-13-3-5-16-11(6-13)7-20(32)31-16/h2-6,8-10H,7H2,1H3,(H,27,33)(H,31,32)(H2,28,29,30). The number of hydrogen-bond acceptors (Lipinski definition) is 5. The van der Waals surface area contributed by atoms with Crippen molar-refractivity contribution in [2.45, 2.75) is 12.6 Å². The molecule has 2 amide bonds. The van der Waals surface area contributed by atoms with Gasteiger partial charge in [-0.3, -0.25) is 9.59 Å². The lowest BCUT2D eigenvalue weighted by Gasteiger charge is -2.18. The van der Waals surface area contributed by atoms with Crippen molar-refractivity contribution in [2.24, 2.45) is 0 Å². The quantitative estimate of drug-likeness (QED) is 0.419. The van der Waals surface area contributed by atoms with E-state index < -0.39 is 23.5 Å². The van der Waals surface area contributed by atoms with E-state index in [9.17, 15) is 27.2 Å². The molecule has 0 saturated carbocycles. The van der Waals surface area contributed by atoms with Gasteiger partial charge in [-0.2, -0.15) is 13.2 Å². The summed E-state index contributed by atoms with van der Waals surface area (Å²) < 4.78 is 54.5. The molecule has 0 unspecified atom stereocenters. The first-order valence-electron chi connectivity index (χ1n) is 9.70. The van der Waals surface area contributed by atoms with Crippen LogP contribution >= 0.6 is 0 Å². The molecule has 3 aromatic rings. The Balaban J connectivity index is 1.69. The number of pyridine rings is 1. The third kappa shape index (κ3) is 4.71. The molecule has 0 saturated heterocycles. The lowest BCUT2D eigenvalue weighted by molar-refractivity contribution is -0.137. The lowest BCUT2D eigenvalue weighted by Crippen LogP contribution is -2.20. The van der Waals surface area contributed by atoms with E-state index in [0.29, 0.717) is 17.6 Å². The predicted molar refractivity (Wildman–Crippen MR) is 114 cm³/mol. The molecule has 0 fully saturated rings. The topological polar surface area (TPSA) is 95.2 Å². The predicted octanol–water partition coefficient (Wildman–Crippen LogP) is 4.58. The summed E-state index contributed by atoms with van der Waals surface area (Å²) in [5.74, 6) is -1.44. The molecule has 0 aliphatic carbocycles. The van der Waals surface area contributed by atoms with E-state index in [-0.39, 0.29) is 35.1 Å². The highest BCUT2D eigenvalue weighted by atomic mass is 19.4. The Morgan fingerprint density at radius 3 is 2.58 bits per heavy atom. The maximum absolute atomic E-state index is 13.6. The van der Waals surface area contributed by atoms with Crippen LogP contribution in [0.4, 0.5) is 46.1 Å². The summed E-state index contributed by atoms with van der Waals surface area (Å²) >= 11 is 0. The van der Waals surface area contributed by atoms with Crippen LogP contribution in [-0.4, -0.2) is 23.8 Å². The van der Waals surface area contributed by atoms with E-state index in [1.807, 2.05) is 0 Å². The number of alkyl halides is 3. The van der Waals surface area contributed by atoms with Crippen LogP contribution in [-0.2, 0) is 17.4 Å². The summed E-state index contributed by atoms with van der Waals surface area (Å²) in [5.41, 5.74) is 0.325. The van der Waals surface area contributed by atoms with E-state index in [1.54, 1.807) is 18.2 Å². The molecule has 4 N–H and O–H groups in total. The average Bonchev–Trinajstić information content (AvgIpc) is 3.13. The second-order valence-corrected chi connectivity index (χ2v) is 7.23. The molecule has 0 radical (unpaired) electrons. The third-order valence-electron chi connectivity index (χ3n) is 4.93. The molecule has 0 bridgehead atoms. The molecule has 4 rings (SSSR count). The average molecular weight is 459 g/mol. The van der Waals surface area contributed by atoms with Crippen molar-refractivity contribution in [3.8, 4) is 0 Å². The van der Waals surface area contributed by atoms with Gasteiger partial charge in [0.2, 0.25) is 5.91 Å². The summed E-state index contributed by atoms with van der Waals surface area (Å²) in [4.78, 5) is 27.5. The molecule has 2 aromatic carbocycles. The first kappa shape index (κ1) is 22.1. The number of carbonyl (C=O) groups excluding carboxylic acids is 2. The van der Waals surface area contributed by atoms with Gasteiger partial charge >= 0.3 is 6.18 Å². The minimum atomic E-state index is -4.74. The van der Waals surface area contributed by atoms with Crippen molar-refractivity contribution >= 4 is 40.4 Å². The van der Waals surface area contributed by atoms with Crippen molar-refractivity contribution in [3.63, 3.8) is 0 Å². The minimum absolute atomic E-state index is 0.0134. The van der Waals surface area contributed by atoms with Crippen LogP contribution in [0.2, 0.25) is 0 Å². The fourth-order valence-corrected chi connectivity index (χ4v) is 3.40. The van der Waals surface area contributed by atoms with Crippen LogP contribution in [0.15, 0.2) is 48.7 Å². The maximum atomic E-state index is 13.6. The van der Waals surface area contributed by atoms with E-state index in [0.717, 1.165) is 23.8 Å². The van der Waals surface area contributed by atoms with E-state index >= 15 is 0 Å². The van der Waals surface area contributed by atoms with Gasteiger partial charge in [0.15, 0.2) is 0 Å². The van der Waals surface area contributed by atoms with Gasteiger partial charge in [-0.15, -0.1) is 0 Å². The molecule has 33 heavy (non-hydrogen) atoms. The van der Waals surface area contributed by atoms with E-state index in [1.165, 1.54) is 13.1 Å². The van der Waals surface area contributed by atoms with Gasteiger partial charge in [0.1, 0.15) is 11.6 Å². The molecular weight excluding hydrogens is 442 g/mol. The number of amides is 2. The van der Waals surface area contributed by atoms with Crippen LogP contribution in [0, 0.1) is 5.82 Å². The van der Waals surface area contributed by atoms with Gasteiger partial charge in [0.05, 0.1) is 28.9 Å². The smallest absolute Gasteiger partial charge is 0.355 e. The number of anilines is 5. The van der Waals surface area contributed by atoms with Crippen LogP contribution < -0.4 is 21.3 Å². The Hall–Kier alpha value is -4.15. The fraction of sp³-hybridized carbons (Fsp3) is 0.136. The number of hydrogen-bond donors (Lipinski definition) is 4. The Morgan fingerprint density at radius 1 is 1.06 bits per heavy atom. The molecule has 11 heteroatoms. The number of nitrogens with one attached hydrogen (secondary N) is 4. The van der Waals surface area contributed by atoms with Crippen molar-refractivity contribution in [2.75, 3.05) is 23.0 Å². The largest absolute Gasteiger partial charge is 0.419 e. The first-order chi connectivity index (χ1) is 15.6. The third-order valence-corrected chi connectivity index (χ3v) is 4.93. The summed E-state index contributed by atoms with van der Waals surface area (Å²) in [5, 5.41) is 10.5. The number of carbonyl (C=O) groups is 2. The fourth-order valence-electron chi connectivity index (χ4n) is 3.40. The van der Waals surface area contributed by atoms with Crippen molar-refractivity contribution in [1.29, 1.82) is 0 Å². The number of aromatic nitrogens is 1. The molecule has 1 aliphatic heterocycles. The second kappa shape index (κ2) is 8.41. The number of nitrogens with zero attached hydrogens (tertiary/aromatic N) is 1. The highest BCUT2D eigenvalue weighted by Crippen LogP contribution is 2.38. The van der Waals surface area contributed by atoms with Gasteiger partial charge in [-0.05, 0) is 42.0 Å². The Labute approximate surface area is 185 Å². The van der Waals surface area contributed by atoms with Gasteiger partial charge in [0.25, 0.3) is 5.91 Å². The zero-order valence-electron chi connectivity index (χ0n) is 17.1. The van der Waals surface area contributed by atoms with Crippen LogP contribution in [0.3, 0.4) is 0 Å². The summed E-state index contributed by atoms with van der Waals surface area (Å²) in [7, 11) is 1.33. The summed E-state index contributed by atoms with van der Waals surface area (Å²) in [6.45, 7) is 0. The van der Waals surface area contributed by atoms with E-state index in [2.05, 4.69) is 26.3 Å². The number of fused-ring (bicyclic) bond motifs is 1. The summed E-state index contributed by atoms with van der Waals surface area (Å²) in [6, 6.07) is 9.30. The van der Waals surface area contributed by atoms with E-state index in [4.69, 9.17) is 0 Å². The second-order valence-electron chi connectivity index (χ2n) is 7.23. The van der Waals surface area contributed by atoms with Crippen LogP contribution in [0.25, 0.3) is 0 Å². The normalized spacial score (nSPS) is 12.7. The Morgan fingerprint density at radius 2 is 1.85 bits per heavy atom. The molecule has 0 atom stereocenters. The van der Waals surface area contributed by atoms with Gasteiger partial charge < -0.3 is 21.3 Å². The molecule has 1 aromatic heterocycles. The van der Waals surface area contributed by atoms with Crippen molar-refractivity contribution in [3.05, 3.63) is 71.2 Å². The van der Waals surface area contributed by atoms with Gasteiger partial charge in [-0.25, -0.2) is 9.37 Å². The number of halogens is 4. The molecule has 1 aliphatic rings. The monoisotopic (exact) mass is 459 g/mol. The number of benzene rings is 2. The van der Waals surface area contributed by atoms with Gasteiger partial charge in [0, 0.05) is 30.7 Å². The zero-order chi connectivity index (χ0) is 23.8. The highest BCUT2D eigenvalue weighted by molar-refractivity contribution is 6.00. The Bertz CT molecular complexity index is 1260. The highest BCUT2D eigenvalue weighted by Gasteiger charge is 2.34. The molecule has 2 heterocycles. The van der Waals surface area contributed by atoms with Gasteiger partial charge in [-0.1, -0.05) is 0 Å². The molecule has 0 spiro atoms. The first-order valence-corrected chi connectivity index (χ1v) is 9.70. The Kier molecular flexibility index (Phi) is 5.62. The lowest BCUT2D eigenvalue weighted by atomic mass is 10.1. The minimum Gasteiger partial charge on any atom is -0.355 e. The van der Waals surface area contributed by atoms with Crippen LogP contribution in [0.5, 0.6) is 0 Å². The zero-order valence-corrected chi connectivity index (χ0v) is 17.1. The SMILES string of the molecule is CNC(=O)c1cc(F)ccc1Nc1cc(Nc2ccc3c(c2)CC(=O)N3)ncc1C(F)(F)F. The molecular formula is C22H17F4N5O2. The molecule has 7 nitrogen and oxygen atoms in total.